The molecule has 0 fully saturated rings. The van der Waals surface area contributed by atoms with E-state index >= 15 is 0 Å². The minimum atomic E-state index is 0.503. The van der Waals surface area contributed by atoms with Gasteiger partial charge in [-0.3, -0.25) is 4.99 Å². The number of methoxy groups -OCH3 is 2. The van der Waals surface area contributed by atoms with Gasteiger partial charge in [0.15, 0.2) is 0 Å². The number of rotatable bonds is 7. The summed E-state index contributed by atoms with van der Waals surface area (Å²) < 4.78 is 16.2. The zero-order valence-corrected chi connectivity index (χ0v) is 14.0. The summed E-state index contributed by atoms with van der Waals surface area (Å²) >= 11 is 0. The van der Waals surface area contributed by atoms with Crippen LogP contribution >= 0.6 is 0 Å². The quantitative estimate of drug-likeness (QED) is 0.795. The smallest absolute Gasteiger partial charge is 0.132 e. The molecule has 2 aromatic rings. The van der Waals surface area contributed by atoms with Gasteiger partial charge >= 0.3 is 0 Å². The average Bonchev–Trinajstić information content (AvgIpc) is 3.16. The minimum Gasteiger partial charge on any atom is -0.497 e. The fraction of sp³-hybridized carbons (Fsp3) is 0.316. The van der Waals surface area contributed by atoms with Crippen molar-refractivity contribution in [3.63, 3.8) is 0 Å². The van der Waals surface area contributed by atoms with Crippen LogP contribution in [0.2, 0.25) is 0 Å². The van der Waals surface area contributed by atoms with Crippen molar-refractivity contribution < 1.29 is 14.2 Å². The van der Waals surface area contributed by atoms with Crippen LogP contribution in [0.4, 0.5) is 0 Å². The summed E-state index contributed by atoms with van der Waals surface area (Å²) in [6.45, 7) is 2.72. The lowest BCUT2D eigenvalue weighted by molar-refractivity contribution is 0.146. The largest absolute Gasteiger partial charge is 0.497 e. The number of hydrogen-bond donors (Lipinski definition) is 1. The Balaban J connectivity index is 1.91. The molecule has 0 atom stereocenters. The van der Waals surface area contributed by atoms with E-state index in [0.29, 0.717) is 13.2 Å². The van der Waals surface area contributed by atoms with Crippen LogP contribution in [0.5, 0.6) is 11.5 Å². The monoisotopic (exact) mass is 326 g/mol. The van der Waals surface area contributed by atoms with E-state index in [0.717, 1.165) is 47.1 Å². The van der Waals surface area contributed by atoms with E-state index < -0.39 is 0 Å². The van der Waals surface area contributed by atoms with Gasteiger partial charge in [0, 0.05) is 13.7 Å². The zero-order chi connectivity index (χ0) is 16.8. The predicted octanol–water partition coefficient (Wildman–Crippen LogP) is 2.74. The summed E-state index contributed by atoms with van der Waals surface area (Å²) in [5.74, 6) is 2.55. The van der Waals surface area contributed by atoms with E-state index in [1.54, 1.807) is 14.2 Å². The molecule has 126 valence electrons. The van der Waals surface area contributed by atoms with Gasteiger partial charge in [-0.05, 0) is 35.4 Å². The lowest BCUT2D eigenvalue weighted by Gasteiger charge is -2.14. The molecule has 1 heterocycles. The van der Waals surface area contributed by atoms with Crippen molar-refractivity contribution in [1.82, 2.24) is 5.32 Å². The number of nitrogens with zero attached hydrogens (tertiary/aromatic N) is 1. The van der Waals surface area contributed by atoms with Gasteiger partial charge in [-0.2, -0.15) is 0 Å². The van der Waals surface area contributed by atoms with Crippen LogP contribution in [0.25, 0.3) is 11.1 Å². The third kappa shape index (κ3) is 3.68. The van der Waals surface area contributed by atoms with E-state index in [2.05, 4.69) is 28.5 Å². The van der Waals surface area contributed by atoms with Crippen molar-refractivity contribution in [2.45, 2.75) is 0 Å². The number of amidine groups is 1. The van der Waals surface area contributed by atoms with Crippen LogP contribution in [0.3, 0.4) is 0 Å². The molecule has 0 amide bonds. The van der Waals surface area contributed by atoms with E-state index in [1.807, 2.05) is 24.3 Å². The molecule has 5 heteroatoms. The van der Waals surface area contributed by atoms with Crippen LogP contribution in [0, 0.1) is 0 Å². The maximum atomic E-state index is 5.93. The van der Waals surface area contributed by atoms with Crippen molar-refractivity contribution in [2.24, 2.45) is 4.99 Å². The highest BCUT2D eigenvalue weighted by molar-refractivity contribution is 6.02. The second-order valence-corrected chi connectivity index (χ2v) is 5.44. The Morgan fingerprint density at radius 1 is 1.00 bits per heavy atom. The first-order valence-electron chi connectivity index (χ1n) is 8.00. The van der Waals surface area contributed by atoms with E-state index in [1.165, 1.54) is 0 Å². The molecule has 0 saturated heterocycles. The van der Waals surface area contributed by atoms with Crippen LogP contribution in [0.15, 0.2) is 47.5 Å². The molecule has 3 rings (SSSR count). The molecule has 0 unspecified atom stereocenters. The van der Waals surface area contributed by atoms with Crippen LogP contribution in [-0.2, 0) is 4.74 Å². The highest BCUT2D eigenvalue weighted by atomic mass is 16.5. The second-order valence-electron chi connectivity index (χ2n) is 5.44. The van der Waals surface area contributed by atoms with E-state index in [9.17, 15) is 0 Å². The number of benzene rings is 2. The molecule has 1 aliphatic rings. The maximum absolute atomic E-state index is 5.93. The summed E-state index contributed by atoms with van der Waals surface area (Å²) in [5, 5.41) is 3.30. The summed E-state index contributed by atoms with van der Waals surface area (Å²) in [4.78, 5) is 4.50. The molecule has 24 heavy (non-hydrogen) atoms. The fourth-order valence-corrected chi connectivity index (χ4v) is 2.61. The van der Waals surface area contributed by atoms with E-state index in [-0.39, 0.29) is 0 Å². The topological polar surface area (TPSA) is 52.1 Å². The Hall–Kier alpha value is -2.53. The molecular formula is C19H22N2O3. The van der Waals surface area contributed by atoms with Crippen LogP contribution in [0.1, 0.15) is 5.56 Å². The van der Waals surface area contributed by atoms with Crippen molar-refractivity contribution >= 4 is 5.84 Å². The molecular weight excluding hydrogens is 304 g/mol. The summed E-state index contributed by atoms with van der Waals surface area (Å²) in [7, 11) is 3.33. The van der Waals surface area contributed by atoms with Gasteiger partial charge < -0.3 is 19.5 Å². The zero-order valence-electron chi connectivity index (χ0n) is 14.0. The maximum Gasteiger partial charge on any atom is 0.132 e. The number of ether oxygens (including phenoxy) is 3. The molecule has 0 aromatic heterocycles. The van der Waals surface area contributed by atoms with Gasteiger partial charge in [-0.1, -0.05) is 18.2 Å². The molecule has 2 aromatic carbocycles. The molecule has 0 spiro atoms. The number of nitrogens with one attached hydrogen (secondary N) is 1. The molecule has 1 N–H and O–H groups in total. The van der Waals surface area contributed by atoms with E-state index in [4.69, 9.17) is 14.2 Å². The van der Waals surface area contributed by atoms with Crippen molar-refractivity contribution in [3.05, 3.63) is 48.0 Å². The van der Waals surface area contributed by atoms with Crippen molar-refractivity contribution in [1.29, 1.82) is 0 Å². The van der Waals surface area contributed by atoms with Gasteiger partial charge in [-0.15, -0.1) is 0 Å². The van der Waals surface area contributed by atoms with Gasteiger partial charge in [0.05, 0.1) is 25.8 Å². The van der Waals surface area contributed by atoms with Gasteiger partial charge in [0.2, 0.25) is 0 Å². The molecule has 1 aliphatic heterocycles. The average molecular weight is 326 g/mol. The number of hydrogen-bond acceptors (Lipinski definition) is 5. The normalized spacial score (nSPS) is 13.3. The lowest BCUT2D eigenvalue weighted by Crippen LogP contribution is -2.20. The Bertz CT molecular complexity index is 711. The molecule has 0 bridgehead atoms. The minimum absolute atomic E-state index is 0.503. The first-order valence-corrected chi connectivity index (χ1v) is 8.00. The second kappa shape index (κ2) is 7.84. The lowest BCUT2D eigenvalue weighted by atomic mass is 10.0. The highest BCUT2D eigenvalue weighted by Crippen LogP contribution is 2.29. The summed E-state index contributed by atoms with van der Waals surface area (Å²) in [6.07, 6.45) is 0. The standard InChI is InChI=1S/C19H22N2O3/c1-22-11-12-24-18-13-15(14-3-6-16(23-2)7-4-14)5-8-17(18)19-20-9-10-21-19/h3-8,13H,9-12H2,1-2H3,(H,20,21). The van der Waals surface area contributed by atoms with Crippen molar-refractivity contribution in [3.8, 4) is 22.6 Å². The number of aliphatic imine (C=N–C) groups is 1. The molecule has 5 nitrogen and oxygen atoms in total. The SMILES string of the molecule is COCCOc1cc(-c2ccc(OC)cc2)ccc1C1=NCCN1. The summed E-state index contributed by atoms with van der Waals surface area (Å²) in [5.41, 5.74) is 3.19. The molecule has 0 radical (unpaired) electrons. The Kier molecular flexibility index (Phi) is 5.33. The Morgan fingerprint density at radius 3 is 2.46 bits per heavy atom. The third-order valence-corrected chi connectivity index (χ3v) is 3.88. The predicted molar refractivity (Wildman–Crippen MR) is 95.2 cm³/mol. The summed E-state index contributed by atoms with van der Waals surface area (Å²) in [6, 6.07) is 14.2. The first kappa shape index (κ1) is 16.3. The molecule has 0 aliphatic carbocycles. The fourth-order valence-electron chi connectivity index (χ4n) is 2.61. The molecule has 0 saturated carbocycles. The van der Waals surface area contributed by atoms with Crippen LogP contribution in [-0.4, -0.2) is 46.4 Å². The van der Waals surface area contributed by atoms with Gasteiger partial charge in [-0.25, -0.2) is 0 Å². The van der Waals surface area contributed by atoms with Gasteiger partial charge in [0.25, 0.3) is 0 Å². The first-order chi connectivity index (χ1) is 11.8. The van der Waals surface area contributed by atoms with Crippen LogP contribution < -0.4 is 14.8 Å². The third-order valence-electron chi connectivity index (χ3n) is 3.88. The highest BCUT2D eigenvalue weighted by Gasteiger charge is 2.15. The Labute approximate surface area is 142 Å². The van der Waals surface area contributed by atoms with Crippen molar-refractivity contribution in [2.75, 3.05) is 40.5 Å². The van der Waals surface area contributed by atoms with Gasteiger partial charge in [0.1, 0.15) is 23.9 Å². The Morgan fingerprint density at radius 2 is 1.79 bits per heavy atom.